The van der Waals surface area contributed by atoms with Crippen LogP contribution >= 0.6 is 0 Å². The highest BCUT2D eigenvalue weighted by Crippen LogP contribution is 2.15. The van der Waals surface area contributed by atoms with Gasteiger partial charge in [0.1, 0.15) is 5.54 Å². The van der Waals surface area contributed by atoms with E-state index in [0.717, 1.165) is 45.5 Å². The fraction of sp³-hybridized carbons (Fsp3) is 0.938. The normalized spacial score (nSPS) is 14.6. The number of methoxy groups -OCH3 is 1. The summed E-state index contributed by atoms with van der Waals surface area (Å²) in [4.78, 5) is 13.8. The van der Waals surface area contributed by atoms with Gasteiger partial charge in [-0.25, -0.2) is 0 Å². The number of ether oxygens (including phenoxy) is 1. The molecule has 0 aliphatic carbocycles. The number of unbranched alkanes of at least 4 members (excludes halogenated alkanes) is 1. The van der Waals surface area contributed by atoms with Gasteiger partial charge >= 0.3 is 5.97 Å². The van der Waals surface area contributed by atoms with E-state index in [1.165, 1.54) is 0 Å². The molecule has 0 spiro atoms. The molecule has 0 saturated carbocycles. The standard InChI is InChI=1S/C16H34N2O3/c1-6-10-17-16(4,15(19)20)9-7-8-11-18(14(2)3)12-13-21-5/h14,17H,6-13H2,1-5H3,(H,19,20). The molecule has 0 aliphatic heterocycles. The van der Waals surface area contributed by atoms with Crippen molar-refractivity contribution in [2.24, 2.45) is 0 Å². The fourth-order valence-electron chi connectivity index (χ4n) is 2.30. The maximum absolute atomic E-state index is 11.4. The summed E-state index contributed by atoms with van der Waals surface area (Å²) in [6.45, 7) is 11.6. The van der Waals surface area contributed by atoms with Crippen molar-refractivity contribution >= 4 is 5.97 Å². The molecular formula is C16H34N2O3. The van der Waals surface area contributed by atoms with Crippen LogP contribution in [0.3, 0.4) is 0 Å². The Bertz CT molecular complexity index is 285. The van der Waals surface area contributed by atoms with Gasteiger partial charge in [-0.1, -0.05) is 6.92 Å². The van der Waals surface area contributed by atoms with Crippen LogP contribution < -0.4 is 5.32 Å². The molecule has 0 aromatic rings. The van der Waals surface area contributed by atoms with Gasteiger partial charge in [0.25, 0.3) is 0 Å². The quantitative estimate of drug-likeness (QED) is 0.511. The van der Waals surface area contributed by atoms with E-state index in [1.54, 1.807) is 14.0 Å². The Morgan fingerprint density at radius 2 is 2.00 bits per heavy atom. The van der Waals surface area contributed by atoms with Gasteiger partial charge in [0, 0.05) is 19.7 Å². The number of carboxylic acid groups (broad SMARTS) is 1. The molecule has 0 saturated heterocycles. The molecule has 5 heteroatoms. The number of nitrogens with one attached hydrogen (secondary N) is 1. The molecule has 0 aliphatic rings. The molecule has 0 rings (SSSR count). The number of aliphatic carboxylic acids is 1. The first-order chi connectivity index (χ1) is 9.87. The molecule has 0 heterocycles. The van der Waals surface area contributed by atoms with E-state index in [1.807, 2.05) is 6.92 Å². The van der Waals surface area contributed by atoms with Gasteiger partial charge in [-0.3, -0.25) is 9.69 Å². The predicted molar refractivity (Wildman–Crippen MR) is 86.8 cm³/mol. The third kappa shape index (κ3) is 8.39. The third-order valence-corrected chi connectivity index (χ3v) is 3.92. The van der Waals surface area contributed by atoms with Crippen molar-refractivity contribution in [1.82, 2.24) is 10.2 Å². The van der Waals surface area contributed by atoms with Crippen molar-refractivity contribution < 1.29 is 14.6 Å². The van der Waals surface area contributed by atoms with Crippen LogP contribution in [0, 0.1) is 0 Å². The Hall–Kier alpha value is -0.650. The Kier molecular flexibility index (Phi) is 10.6. The van der Waals surface area contributed by atoms with Crippen molar-refractivity contribution in [2.45, 2.75) is 65.0 Å². The van der Waals surface area contributed by atoms with E-state index < -0.39 is 11.5 Å². The highest BCUT2D eigenvalue weighted by molar-refractivity contribution is 5.78. The molecule has 0 aromatic carbocycles. The molecule has 0 aromatic heterocycles. The lowest BCUT2D eigenvalue weighted by molar-refractivity contribution is -0.144. The molecule has 126 valence electrons. The van der Waals surface area contributed by atoms with Crippen LogP contribution in [-0.4, -0.2) is 60.9 Å². The molecule has 1 unspecified atom stereocenters. The van der Waals surface area contributed by atoms with Crippen LogP contribution in [0.2, 0.25) is 0 Å². The van der Waals surface area contributed by atoms with Gasteiger partial charge in [0.05, 0.1) is 6.61 Å². The molecule has 0 radical (unpaired) electrons. The number of hydrogen-bond acceptors (Lipinski definition) is 4. The zero-order valence-corrected chi connectivity index (χ0v) is 14.4. The Balaban J connectivity index is 4.15. The number of rotatable bonds is 13. The summed E-state index contributed by atoms with van der Waals surface area (Å²) in [6, 6.07) is 0.490. The Morgan fingerprint density at radius 1 is 1.33 bits per heavy atom. The third-order valence-electron chi connectivity index (χ3n) is 3.92. The molecule has 0 fully saturated rings. The summed E-state index contributed by atoms with van der Waals surface area (Å²) in [7, 11) is 1.72. The molecule has 21 heavy (non-hydrogen) atoms. The van der Waals surface area contributed by atoms with Gasteiger partial charge < -0.3 is 15.2 Å². The maximum atomic E-state index is 11.4. The lowest BCUT2D eigenvalue weighted by Crippen LogP contribution is -2.49. The van der Waals surface area contributed by atoms with Crippen LogP contribution in [0.15, 0.2) is 0 Å². The number of nitrogens with zero attached hydrogens (tertiary/aromatic N) is 1. The van der Waals surface area contributed by atoms with Gasteiger partial charge in [-0.05, 0) is 59.5 Å². The zero-order chi connectivity index (χ0) is 16.3. The van der Waals surface area contributed by atoms with Gasteiger partial charge in [0.2, 0.25) is 0 Å². The lowest BCUT2D eigenvalue weighted by Gasteiger charge is -2.28. The Labute approximate surface area is 130 Å². The van der Waals surface area contributed by atoms with Crippen LogP contribution in [-0.2, 0) is 9.53 Å². The topological polar surface area (TPSA) is 61.8 Å². The second-order valence-electron chi connectivity index (χ2n) is 6.14. The van der Waals surface area contributed by atoms with Crippen LogP contribution in [0.5, 0.6) is 0 Å². The smallest absolute Gasteiger partial charge is 0.323 e. The Morgan fingerprint density at radius 3 is 2.48 bits per heavy atom. The maximum Gasteiger partial charge on any atom is 0.323 e. The average Bonchev–Trinajstić information content (AvgIpc) is 2.43. The van der Waals surface area contributed by atoms with E-state index in [0.29, 0.717) is 12.5 Å². The average molecular weight is 302 g/mol. The monoisotopic (exact) mass is 302 g/mol. The minimum absolute atomic E-state index is 0.490. The summed E-state index contributed by atoms with van der Waals surface area (Å²) in [5.41, 5.74) is -0.800. The van der Waals surface area contributed by atoms with Crippen LogP contribution in [0.25, 0.3) is 0 Å². The second-order valence-corrected chi connectivity index (χ2v) is 6.14. The highest BCUT2D eigenvalue weighted by Gasteiger charge is 2.31. The van der Waals surface area contributed by atoms with Gasteiger partial charge in [0.15, 0.2) is 0 Å². The summed E-state index contributed by atoms with van der Waals surface area (Å²) in [6.07, 6.45) is 3.54. The first kappa shape index (κ1) is 20.3. The van der Waals surface area contributed by atoms with Crippen molar-refractivity contribution in [3.05, 3.63) is 0 Å². The summed E-state index contributed by atoms with van der Waals surface area (Å²) in [5, 5.41) is 12.5. The molecule has 1 atom stereocenters. The van der Waals surface area contributed by atoms with E-state index in [2.05, 4.69) is 24.1 Å². The molecule has 0 amide bonds. The minimum Gasteiger partial charge on any atom is -0.480 e. The SMILES string of the molecule is CCCNC(C)(CCCCN(CCOC)C(C)C)C(=O)O. The van der Waals surface area contributed by atoms with E-state index >= 15 is 0 Å². The summed E-state index contributed by atoms with van der Waals surface area (Å²) in [5.74, 6) is -0.754. The molecule has 2 N–H and O–H groups in total. The van der Waals surface area contributed by atoms with E-state index in [4.69, 9.17) is 4.74 Å². The van der Waals surface area contributed by atoms with E-state index in [-0.39, 0.29) is 0 Å². The fourth-order valence-corrected chi connectivity index (χ4v) is 2.30. The van der Waals surface area contributed by atoms with E-state index in [9.17, 15) is 9.90 Å². The first-order valence-corrected chi connectivity index (χ1v) is 8.08. The lowest BCUT2D eigenvalue weighted by atomic mass is 9.94. The largest absolute Gasteiger partial charge is 0.480 e. The second kappa shape index (κ2) is 11.0. The molecule has 5 nitrogen and oxygen atoms in total. The highest BCUT2D eigenvalue weighted by atomic mass is 16.5. The number of hydrogen-bond donors (Lipinski definition) is 2. The van der Waals surface area contributed by atoms with Gasteiger partial charge in [-0.15, -0.1) is 0 Å². The molecular weight excluding hydrogens is 268 g/mol. The molecule has 0 bridgehead atoms. The van der Waals surface area contributed by atoms with Crippen LogP contribution in [0.1, 0.15) is 53.4 Å². The predicted octanol–water partition coefficient (Wildman–Crippen LogP) is 2.36. The van der Waals surface area contributed by atoms with Crippen molar-refractivity contribution in [3.63, 3.8) is 0 Å². The number of carboxylic acids is 1. The first-order valence-electron chi connectivity index (χ1n) is 8.08. The van der Waals surface area contributed by atoms with Crippen molar-refractivity contribution in [1.29, 1.82) is 0 Å². The summed E-state index contributed by atoms with van der Waals surface area (Å²) >= 11 is 0. The zero-order valence-electron chi connectivity index (χ0n) is 14.4. The minimum atomic E-state index is -0.800. The summed E-state index contributed by atoms with van der Waals surface area (Å²) < 4.78 is 5.13. The van der Waals surface area contributed by atoms with Crippen molar-refractivity contribution in [3.8, 4) is 0 Å². The van der Waals surface area contributed by atoms with Crippen molar-refractivity contribution in [2.75, 3.05) is 33.4 Å². The number of carbonyl (C=O) groups is 1. The van der Waals surface area contributed by atoms with Gasteiger partial charge in [-0.2, -0.15) is 0 Å². The van der Waals surface area contributed by atoms with Crippen LogP contribution in [0.4, 0.5) is 0 Å².